The fraction of sp³-hybridized carbons (Fsp3) is 0. The quantitative estimate of drug-likeness (QED) is 0.541. The number of nitrogens with two attached hydrogens (primary N) is 1. The van der Waals surface area contributed by atoms with E-state index in [9.17, 15) is 13.6 Å². The van der Waals surface area contributed by atoms with Gasteiger partial charge in [0.15, 0.2) is 11.6 Å². The van der Waals surface area contributed by atoms with Crippen LogP contribution in [0.15, 0.2) is 41.0 Å². The molecule has 2 aromatic carbocycles. The molecule has 0 amide bonds. The van der Waals surface area contributed by atoms with Gasteiger partial charge in [-0.05, 0) is 24.3 Å². The highest BCUT2D eigenvalue weighted by atomic mass is 79.9. The summed E-state index contributed by atoms with van der Waals surface area (Å²) in [6, 6.07) is 6.99. The van der Waals surface area contributed by atoms with Crippen LogP contribution in [0.25, 0.3) is 10.9 Å². The zero-order valence-corrected chi connectivity index (χ0v) is 12.2. The second-order valence-corrected chi connectivity index (χ2v) is 5.49. The first-order valence-electron chi connectivity index (χ1n) is 6.03. The average molecular weight is 351 g/mol. The van der Waals surface area contributed by atoms with Crippen molar-refractivity contribution in [2.75, 3.05) is 5.73 Å². The number of aromatic amines is 1. The van der Waals surface area contributed by atoms with E-state index in [0.717, 1.165) is 22.1 Å². The fourth-order valence-electron chi connectivity index (χ4n) is 2.21. The highest BCUT2D eigenvalue weighted by molar-refractivity contribution is 9.10. The summed E-state index contributed by atoms with van der Waals surface area (Å²) < 4.78 is 28.2. The molecule has 21 heavy (non-hydrogen) atoms. The van der Waals surface area contributed by atoms with Gasteiger partial charge in [-0.15, -0.1) is 0 Å². The lowest BCUT2D eigenvalue weighted by atomic mass is 10.0. The van der Waals surface area contributed by atoms with Crippen LogP contribution in [0.1, 0.15) is 15.9 Å². The third kappa shape index (κ3) is 2.31. The molecule has 106 valence electrons. The number of halogens is 3. The predicted octanol–water partition coefficient (Wildman–Crippen LogP) is 4.02. The van der Waals surface area contributed by atoms with Crippen molar-refractivity contribution in [2.24, 2.45) is 0 Å². The maximum atomic E-state index is 14.0. The molecule has 0 unspecified atom stereocenters. The molecule has 0 saturated carbocycles. The molecule has 0 bridgehead atoms. The van der Waals surface area contributed by atoms with Crippen LogP contribution in [0.4, 0.5) is 14.5 Å². The van der Waals surface area contributed by atoms with E-state index in [-0.39, 0.29) is 16.8 Å². The van der Waals surface area contributed by atoms with Gasteiger partial charge in [0.1, 0.15) is 5.82 Å². The van der Waals surface area contributed by atoms with Crippen molar-refractivity contribution in [3.63, 3.8) is 0 Å². The van der Waals surface area contributed by atoms with Crippen molar-refractivity contribution < 1.29 is 13.6 Å². The molecule has 0 spiro atoms. The van der Waals surface area contributed by atoms with E-state index in [1.165, 1.54) is 6.20 Å². The van der Waals surface area contributed by atoms with Crippen molar-refractivity contribution in [1.29, 1.82) is 0 Å². The number of carbonyl (C=O) groups is 1. The maximum Gasteiger partial charge on any atom is 0.198 e. The van der Waals surface area contributed by atoms with Crippen molar-refractivity contribution in [3.05, 3.63) is 63.8 Å². The molecule has 0 saturated heterocycles. The number of nitrogens with one attached hydrogen (secondary N) is 1. The molecule has 3 aromatic rings. The Kier molecular flexibility index (Phi) is 3.25. The number of rotatable bonds is 2. The Morgan fingerprint density at radius 2 is 1.90 bits per heavy atom. The van der Waals surface area contributed by atoms with Crippen LogP contribution in [0, 0.1) is 11.6 Å². The van der Waals surface area contributed by atoms with Crippen molar-refractivity contribution in [2.45, 2.75) is 0 Å². The summed E-state index contributed by atoms with van der Waals surface area (Å²) in [5.41, 5.74) is 5.58. The first-order chi connectivity index (χ1) is 9.97. The molecule has 1 aromatic heterocycles. The van der Waals surface area contributed by atoms with Crippen molar-refractivity contribution in [1.82, 2.24) is 4.98 Å². The monoisotopic (exact) mass is 350 g/mol. The maximum absolute atomic E-state index is 14.0. The van der Waals surface area contributed by atoms with E-state index in [0.29, 0.717) is 5.39 Å². The van der Waals surface area contributed by atoms with E-state index >= 15 is 0 Å². The number of anilines is 1. The molecule has 3 N–H and O–H groups in total. The zero-order chi connectivity index (χ0) is 15.1. The van der Waals surface area contributed by atoms with Gasteiger partial charge in [0.05, 0.1) is 11.3 Å². The summed E-state index contributed by atoms with van der Waals surface area (Å²) in [6.07, 6.45) is 1.47. The van der Waals surface area contributed by atoms with E-state index in [2.05, 4.69) is 20.9 Å². The van der Waals surface area contributed by atoms with Gasteiger partial charge in [-0.25, -0.2) is 8.78 Å². The van der Waals surface area contributed by atoms with Gasteiger partial charge < -0.3 is 10.7 Å². The number of ketones is 1. The van der Waals surface area contributed by atoms with Crippen molar-refractivity contribution in [3.8, 4) is 0 Å². The molecular weight excluding hydrogens is 342 g/mol. The molecule has 0 radical (unpaired) electrons. The number of aromatic nitrogens is 1. The second-order valence-electron chi connectivity index (χ2n) is 4.58. The summed E-state index contributed by atoms with van der Waals surface area (Å²) >= 11 is 3.32. The lowest BCUT2D eigenvalue weighted by Gasteiger charge is -2.05. The first-order valence-corrected chi connectivity index (χ1v) is 6.82. The zero-order valence-electron chi connectivity index (χ0n) is 10.6. The molecule has 3 rings (SSSR count). The minimum atomic E-state index is -0.909. The second kappa shape index (κ2) is 4.96. The third-order valence-electron chi connectivity index (χ3n) is 3.20. The van der Waals surface area contributed by atoms with E-state index in [4.69, 9.17) is 5.73 Å². The van der Waals surface area contributed by atoms with Crippen LogP contribution in [0.3, 0.4) is 0 Å². The Balaban J connectivity index is 2.17. The lowest BCUT2D eigenvalue weighted by molar-refractivity contribution is 0.103. The Labute approximate surface area is 126 Å². The summed E-state index contributed by atoms with van der Waals surface area (Å²) in [4.78, 5) is 15.4. The summed E-state index contributed by atoms with van der Waals surface area (Å²) in [5.74, 6) is -2.28. The van der Waals surface area contributed by atoms with Crippen LogP contribution in [-0.4, -0.2) is 10.8 Å². The molecule has 3 nitrogen and oxygen atoms in total. The van der Waals surface area contributed by atoms with Gasteiger partial charge in [0.2, 0.25) is 0 Å². The molecule has 0 aliphatic heterocycles. The van der Waals surface area contributed by atoms with Gasteiger partial charge in [-0.1, -0.05) is 22.0 Å². The average Bonchev–Trinajstić information content (AvgIpc) is 2.84. The van der Waals surface area contributed by atoms with Crippen LogP contribution < -0.4 is 5.73 Å². The number of hydrogen-bond donors (Lipinski definition) is 2. The van der Waals surface area contributed by atoms with Crippen LogP contribution in [-0.2, 0) is 0 Å². The number of benzene rings is 2. The van der Waals surface area contributed by atoms with E-state index in [1.54, 1.807) is 18.2 Å². The smallest absolute Gasteiger partial charge is 0.198 e. The van der Waals surface area contributed by atoms with Gasteiger partial charge in [0, 0.05) is 27.1 Å². The SMILES string of the molecule is Nc1cc(F)cc(C(=O)c2c[nH]c3cc(Br)ccc23)c1F. The number of fused-ring (bicyclic) bond motifs is 1. The lowest BCUT2D eigenvalue weighted by Crippen LogP contribution is -2.07. The standard InChI is InChI=1S/C15H9BrF2N2O/c16-7-1-2-9-11(6-20-13(9)3-7)15(21)10-4-8(17)5-12(19)14(10)18/h1-6,20H,19H2. The highest BCUT2D eigenvalue weighted by Gasteiger charge is 2.20. The largest absolute Gasteiger partial charge is 0.396 e. The van der Waals surface area contributed by atoms with Gasteiger partial charge in [0.25, 0.3) is 0 Å². The Bertz CT molecular complexity index is 873. The predicted molar refractivity (Wildman–Crippen MR) is 80.2 cm³/mol. The first kappa shape index (κ1) is 13.8. The molecule has 0 aliphatic rings. The van der Waals surface area contributed by atoms with Gasteiger partial charge in [-0.2, -0.15) is 0 Å². The summed E-state index contributed by atoms with van der Waals surface area (Å²) in [7, 11) is 0. The van der Waals surface area contributed by atoms with Crippen molar-refractivity contribution >= 4 is 38.3 Å². The topological polar surface area (TPSA) is 58.9 Å². The third-order valence-corrected chi connectivity index (χ3v) is 3.69. The highest BCUT2D eigenvalue weighted by Crippen LogP contribution is 2.26. The number of H-pyrrole nitrogens is 1. The summed E-state index contributed by atoms with van der Waals surface area (Å²) in [5, 5.41) is 0.630. The number of hydrogen-bond acceptors (Lipinski definition) is 2. The van der Waals surface area contributed by atoms with E-state index < -0.39 is 17.4 Å². The minimum Gasteiger partial charge on any atom is -0.396 e. The number of nitrogen functional groups attached to an aromatic ring is 1. The minimum absolute atomic E-state index is 0.265. The van der Waals surface area contributed by atoms with Crippen LogP contribution in [0.2, 0.25) is 0 Å². The molecule has 0 aliphatic carbocycles. The molecule has 0 atom stereocenters. The molecule has 6 heteroatoms. The summed E-state index contributed by atoms with van der Waals surface area (Å²) in [6.45, 7) is 0. The Morgan fingerprint density at radius 3 is 2.67 bits per heavy atom. The van der Waals surface area contributed by atoms with E-state index in [1.807, 2.05) is 0 Å². The van der Waals surface area contributed by atoms with Gasteiger partial charge >= 0.3 is 0 Å². The Morgan fingerprint density at radius 1 is 1.14 bits per heavy atom. The fourth-order valence-corrected chi connectivity index (χ4v) is 2.57. The molecule has 1 heterocycles. The Hall–Kier alpha value is -2.21. The van der Waals surface area contributed by atoms with Crippen LogP contribution in [0.5, 0.6) is 0 Å². The van der Waals surface area contributed by atoms with Crippen LogP contribution >= 0.6 is 15.9 Å². The number of carbonyl (C=O) groups excluding carboxylic acids is 1. The van der Waals surface area contributed by atoms with Gasteiger partial charge in [-0.3, -0.25) is 4.79 Å². The molecule has 0 fully saturated rings. The molecular formula is C15H9BrF2N2O. The normalized spacial score (nSPS) is 11.0.